The highest BCUT2D eigenvalue weighted by Gasteiger charge is 2.22. The molecule has 0 saturated carbocycles. The molecule has 0 aromatic carbocycles. The molecule has 0 aliphatic heterocycles. The molecule has 19 heavy (non-hydrogen) atoms. The summed E-state index contributed by atoms with van der Waals surface area (Å²) in [4.78, 5) is 34.0. The Morgan fingerprint density at radius 2 is 1.95 bits per heavy atom. The van der Waals surface area contributed by atoms with Crippen LogP contribution in [0, 0.1) is 5.41 Å². The summed E-state index contributed by atoms with van der Waals surface area (Å²) in [7, 11) is 1.20. The Kier molecular flexibility index (Phi) is 8.35. The van der Waals surface area contributed by atoms with Crippen LogP contribution in [0.3, 0.4) is 0 Å². The minimum atomic E-state index is -0.905. The Hall–Kier alpha value is -1.76. The molecule has 0 rings (SSSR count). The SMILES string of the molecule is COC(=O)[C@H](CCC(=O)C=N)NC(=O)COC(C)C. The molecule has 0 aromatic heterocycles. The minimum absolute atomic E-state index is 0.00537. The van der Waals surface area contributed by atoms with Gasteiger partial charge in [-0.05, 0) is 20.3 Å². The molecule has 0 fully saturated rings. The van der Waals surface area contributed by atoms with E-state index < -0.39 is 23.7 Å². The van der Waals surface area contributed by atoms with Gasteiger partial charge in [0.2, 0.25) is 5.91 Å². The maximum Gasteiger partial charge on any atom is 0.328 e. The summed E-state index contributed by atoms with van der Waals surface area (Å²) in [5, 5.41) is 9.20. The largest absolute Gasteiger partial charge is 0.467 e. The summed E-state index contributed by atoms with van der Waals surface area (Å²) in [5.74, 6) is -1.50. The van der Waals surface area contributed by atoms with E-state index in [2.05, 4.69) is 10.1 Å². The molecule has 0 aromatic rings. The number of nitrogens with one attached hydrogen (secondary N) is 2. The number of methoxy groups -OCH3 is 1. The van der Waals surface area contributed by atoms with E-state index in [1.807, 2.05) is 0 Å². The van der Waals surface area contributed by atoms with Crippen LogP contribution >= 0.6 is 0 Å². The standard InChI is InChI=1S/C12H20N2O5/c1-8(2)19-7-11(16)14-10(12(17)18-3)5-4-9(15)6-13/h6,8,10,13H,4-5,7H2,1-3H3,(H,14,16)/t10-/m0/s1. The van der Waals surface area contributed by atoms with Gasteiger partial charge in [0.05, 0.1) is 19.4 Å². The van der Waals surface area contributed by atoms with E-state index in [1.54, 1.807) is 13.8 Å². The van der Waals surface area contributed by atoms with Gasteiger partial charge in [-0.25, -0.2) is 4.79 Å². The molecule has 1 atom stereocenters. The number of carbonyl (C=O) groups excluding carboxylic acids is 3. The Morgan fingerprint density at radius 3 is 2.42 bits per heavy atom. The lowest BCUT2D eigenvalue weighted by atomic mass is 10.1. The number of carbonyl (C=O) groups is 3. The van der Waals surface area contributed by atoms with E-state index in [-0.39, 0.29) is 25.6 Å². The number of ether oxygens (including phenoxy) is 2. The monoisotopic (exact) mass is 272 g/mol. The first-order valence-electron chi connectivity index (χ1n) is 5.92. The van der Waals surface area contributed by atoms with E-state index >= 15 is 0 Å². The summed E-state index contributed by atoms with van der Waals surface area (Å²) in [6, 6.07) is -0.905. The van der Waals surface area contributed by atoms with Crippen molar-refractivity contribution in [2.45, 2.75) is 38.8 Å². The first-order chi connectivity index (χ1) is 8.90. The molecule has 0 spiro atoms. The zero-order valence-electron chi connectivity index (χ0n) is 11.4. The van der Waals surface area contributed by atoms with E-state index in [0.29, 0.717) is 6.21 Å². The molecule has 0 unspecified atom stereocenters. The third kappa shape index (κ3) is 8.04. The van der Waals surface area contributed by atoms with Crippen LogP contribution in [0.15, 0.2) is 0 Å². The zero-order chi connectivity index (χ0) is 14.8. The fourth-order valence-electron chi connectivity index (χ4n) is 1.23. The van der Waals surface area contributed by atoms with Crippen molar-refractivity contribution in [3.63, 3.8) is 0 Å². The van der Waals surface area contributed by atoms with Crippen molar-refractivity contribution in [3.8, 4) is 0 Å². The average molecular weight is 272 g/mol. The molecule has 2 N–H and O–H groups in total. The number of hydrogen-bond donors (Lipinski definition) is 2. The Bertz CT molecular complexity index is 341. The molecular formula is C12H20N2O5. The van der Waals surface area contributed by atoms with Gasteiger partial charge < -0.3 is 20.2 Å². The topological polar surface area (TPSA) is 106 Å². The van der Waals surface area contributed by atoms with Crippen molar-refractivity contribution >= 4 is 23.9 Å². The van der Waals surface area contributed by atoms with Crippen LogP contribution in [0.4, 0.5) is 0 Å². The van der Waals surface area contributed by atoms with Gasteiger partial charge in [0.1, 0.15) is 12.6 Å². The molecule has 0 aliphatic rings. The molecule has 0 saturated heterocycles. The van der Waals surface area contributed by atoms with Gasteiger partial charge in [-0.2, -0.15) is 0 Å². The van der Waals surface area contributed by atoms with Gasteiger partial charge >= 0.3 is 5.97 Å². The summed E-state index contributed by atoms with van der Waals surface area (Å²) in [5.41, 5.74) is 0. The number of Topliss-reactive ketones (excluding diaryl/α,β-unsaturated/α-hetero) is 1. The number of rotatable bonds is 9. The smallest absolute Gasteiger partial charge is 0.328 e. The second-order valence-corrected chi connectivity index (χ2v) is 4.15. The predicted molar refractivity (Wildman–Crippen MR) is 68.1 cm³/mol. The van der Waals surface area contributed by atoms with E-state index in [1.165, 1.54) is 7.11 Å². The maximum absolute atomic E-state index is 11.5. The molecular weight excluding hydrogens is 252 g/mol. The van der Waals surface area contributed by atoms with E-state index in [4.69, 9.17) is 10.1 Å². The van der Waals surface area contributed by atoms with Crippen molar-refractivity contribution in [1.29, 1.82) is 5.41 Å². The predicted octanol–water partition coefficient (Wildman–Crippen LogP) is 0.0681. The van der Waals surface area contributed by atoms with Crippen LogP contribution in [0.1, 0.15) is 26.7 Å². The number of hydrogen-bond acceptors (Lipinski definition) is 6. The van der Waals surface area contributed by atoms with Crippen molar-refractivity contribution in [1.82, 2.24) is 5.32 Å². The molecule has 0 aliphatic carbocycles. The van der Waals surface area contributed by atoms with Crippen LogP contribution in [0.2, 0.25) is 0 Å². The van der Waals surface area contributed by atoms with Gasteiger partial charge in [0, 0.05) is 6.42 Å². The van der Waals surface area contributed by atoms with E-state index in [0.717, 1.165) is 0 Å². The highest BCUT2D eigenvalue weighted by Crippen LogP contribution is 2.01. The number of amides is 1. The number of esters is 1. The van der Waals surface area contributed by atoms with Crippen molar-refractivity contribution < 1.29 is 23.9 Å². The lowest BCUT2D eigenvalue weighted by molar-refractivity contribution is -0.146. The highest BCUT2D eigenvalue weighted by atomic mass is 16.5. The highest BCUT2D eigenvalue weighted by molar-refractivity contribution is 6.26. The van der Waals surface area contributed by atoms with Crippen LogP contribution < -0.4 is 5.32 Å². The van der Waals surface area contributed by atoms with Crippen LogP contribution in [-0.4, -0.2) is 49.7 Å². The Morgan fingerprint density at radius 1 is 1.32 bits per heavy atom. The zero-order valence-corrected chi connectivity index (χ0v) is 11.4. The van der Waals surface area contributed by atoms with Gasteiger partial charge in [0.15, 0.2) is 5.78 Å². The van der Waals surface area contributed by atoms with Crippen molar-refractivity contribution in [2.24, 2.45) is 0 Å². The summed E-state index contributed by atoms with van der Waals surface area (Å²) < 4.78 is 9.64. The van der Waals surface area contributed by atoms with Gasteiger partial charge in [-0.3, -0.25) is 9.59 Å². The van der Waals surface area contributed by atoms with Crippen LogP contribution in [0.25, 0.3) is 0 Å². The van der Waals surface area contributed by atoms with Crippen molar-refractivity contribution in [2.75, 3.05) is 13.7 Å². The van der Waals surface area contributed by atoms with E-state index in [9.17, 15) is 14.4 Å². The summed E-state index contributed by atoms with van der Waals surface area (Å²) >= 11 is 0. The van der Waals surface area contributed by atoms with Gasteiger partial charge in [-0.1, -0.05) is 0 Å². The fourth-order valence-corrected chi connectivity index (χ4v) is 1.23. The first kappa shape index (κ1) is 17.2. The molecule has 7 heteroatoms. The van der Waals surface area contributed by atoms with Crippen molar-refractivity contribution in [3.05, 3.63) is 0 Å². The molecule has 1 amide bonds. The Labute approximate surface area is 112 Å². The second kappa shape index (κ2) is 9.21. The second-order valence-electron chi connectivity index (χ2n) is 4.15. The maximum atomic E-state index is 11.5. The first-order valence-corrected chi connectivity index (χ1v) is 5.92. The summed E-state index contributed by atoms with van der Waals surface area (Å²) in [6.07, 6.45) is 0.669. The molecule has 7 nitrogen and oxygen atoms in total. The Balaban J connectivity index is 4.34. The number of ketones is 1. The van der Waals surface area contributed by atoms with Gasteiger partial charge in [0.25, 0.3) is 0 Å². The lowest BCUT2D eigenvalue weighted by Crippen LogP contribution is -2.43. The molecule has 108 valence electrons. The minimum Gasteiger partial charge on any atom is -0.467 e. The normalized spacial score (nSPS) is 11.8. The summed E-state index contributed by atoms with van der Waals surface area (Å²) in [6.45, 7) is 3.41. The fraction of sp³-hybridized carbons (Fsp3) is 0.667. The lowest BCUT2D eigenvalue weighted by Gasteiger charge is -2.16. The molecule has 0 heterocycles. The quantitative estimate of drug-likeness (QED) is 0.456. The third-order valence-corrected chi connectivity index (χ3v) is 2.21. The van der Waals surface area contributed by atoms with Crippen LogP contribution in [0.5, 0.6) is 0 Å². The average Bonchev–Trinajstić information content (AvgIpc) is 2.39. The van der Waals surface area contributed by atoms with Crippen LogP contribution in [-0.2, 0) is 23.9 Å². The molecule has 0 radical (unpaired) electrons. The third-order valence-electron chi connectivity index (χ3n) is 2.21. The molecule has 0 bridgehead atoms. The van der Waals surface area contributed by atoms with Gasteiger partial charge in [-0.15, -0.1) is 0 Å².